The summed E-state index contributed by atoms with van der Waals surface area (Å²) >= 11 is 6.07. The van der Waals surface area contributed by atoms with Crippen LogP contribution in [0.2, 0.25) is 5.02 Å². The highest BCUT2D eigenvalue weighted by atomic mass is 35.5. The number of halogens is 2. The van der Waals surface area contributed by atoms with E-state index < -0.39 is 5.82 Å². The number of H-pyrrole nitrogens is 1. The zero-order valence-corrected chi connectivity index (χ0v) is 10.7. The normalized spacial score (nSPS) is 10.9. The number of hydrogen-bond donors (Lipinski definition) is 1. The molecule has 0 aliphatic rings. The number of hydrogen-bond acceptors (Lipinski definition) is 3. The number of rotatable bonds is 2. The largest absolute Gasteiger partial charge is 0.481 e. The fourth-order valence-electron chi connectivity index (χ4n) is 1.88. The summed E-state index contributed by atoms with van der Waals surface area (Å²) in [7, 11) is 1.48. The highest BCUT2D eigenvalue weighted by Crippen LogP contribution is 2.30. The minimum absolute atomic E-state index is 0.342. The Labute approximate surface area is 113 Å². The van der Waals surface area contributed by atoms with Gasteiger partial charge in [0.2, 0.25) is 5.88 Å². The van der Waals surface area contributed by atoms with Crippen molar-refractivity contribution in [2.75, 3.05) is 7.11 Å². The third kappa shape index (κ3) is 2.02. The second-order valence-corrected chi connectivity index (χ2v) is 4.35. The number of pyridine rings is 2. The van der Waals surface area contributed by atoms with Gasteiger partial charge in [0.15, 0.2) is 5.82 Å². The van der Waals surface area contributed by atoms with Crippen molar-refractivity contribution in [2.45, 2.75) is 0 Å². The molecule has 3 aromatic heterocycles. The summed E-state index contributed by atoms with van der Waals surface area (Å²) in [6.07, 6.45) is 2.71. The van der Waals surface area contributed by atoms with Crippen molar-refractivity contribution in [3.8, 4) is 17.1 Å². The first-order valence-electron chi connectivity index (χ1n) is 5.52. The van der Waals surface area contributed by atoms with E-state index >= 15 is 0 Å². The van der Waals surface area contributed by atoms with Crippen LogP contribution in [-0.4, -0.2) is 22.1 Å². The summed E-state index contributed by atoms with van der Waals surface area (Å²) in [5.74, 6) is -0.0995. The van der Waals surface area contributed by atoms with Gasteiger partial charge in [0.1, 0.15) is 5.65 Å². The van der Waals surface area contributed by atoms with E-state index in [1.54, 1.807) is 18.3 Å². The molecule has 0 saturated heterocycles. The van der Waals surface area contributed by atoms with E-state index in [-0.39, 0.29) is 0 Å². The van der Waals surface area contributed by atoms with Crippen LogP contribution in [0.3, 0.4) is 0 Å². The van der Waals surface area contributed by atoms with Crippen molar-refractivity contribution >= 4 is 22.6 Å². The van der Waals surface area contributed by atoms with Crippen LogP contribution in [0.15, 0.2) is 30.6 Å². The van der Waals surface area contributed by atoms with Crippen LogP contribution >= 0.6 is 11.6 Å². The van der Waals surface area contributed by atoms with Crippen molar-refractivity contribution in [3.63, 3.8) is 0 Å². The predicted octanol–water partition coefficient (Wildman–Crippen LogP) is 3.43. The third-order valence-electron chi connectivity index (χ3n) is 2.81. The van der Waals surface area contributed by atoms with Crippen LogP contribution in [0, 0.1) is 5.82 Å². The molecule has 3 rings (SSSR count). The molecule has 96 valence electrons. The summed E-state index contributed by atoms with van der Waals surface area (Å²) in [6.45, 7) is 0. The zero-order valence-electron chi connectivity index (χ0n) is 9.95. The molecular weight excluding hydrogens is 269 g/mol. The lowest BCUT2D eigenvalue weighted by Crippen LogP contribution is -1.91. The van der Waals surface area contributed by atoms with Crippen LogP contribution in [-0.2, 0) is 0 Å². The summed E-state index contributed by atoms with van der Waals surface area (Å²) in [4.78, 5) is 11.0. The van der Waals surface area contributed by atoms with Gasteiger partial charge in [0, 0.05) is 23.2 Å². The summed E-state index contributed by atoms with van der Waals surface area (Å²) < 4.78 is 18.8. The SMILES string of the molecule is COc1cc(-c2cc3c(Cl)ccnc3[nH]2)c(F)cn1. The van der Waals surface area contributed by atoms with Crippen LogP contribution in [0.1, 0.15) is 0 Å². The van der Waals surface area contributed by atoms with E-state index in [2.05, 4.69) is 15.0 Å². The molecule has 0 aromatic carbocycles. The minimum atomic E-state index is -0.441. The van der Waals surface area contributed by atoms with Gasteiger partial charge >= 0.3 is 0 Å². The lowest BCUT2D eigenvalue weighted by molar-refractivity contribution is 0.396. The number of fused-ring (bicyclic) bond motifs is 1. The van der Waals surface area contributed by atoms with Gasteiger partial charge in [-0.2, -0.15) is 0 Å². The second-order valence-electron chi connectivity index (χ2n) is 3.94. The maximum atomic E-state index is 13.8. The molecule has 0 spiro atoms. The van der Waals surface area contributed by atoms with E-state index in [4.69, 9.17) is 16.3 Å². The van der Waals surface area contributed by atoms with Gasteiger partial charge in [0.25, 0.3) is 0 Å². The Kier molecular flexibility index (Phi) is 2.83. The van der Waals surface area contributed by atoms with E-state index in [9.17, 15) is 4.39 Å². The quantitative estimate of drug-likeness (QED) is 0.781. The van der Waals surface area contributed by atoms with Gasteiger partial charge in [0.05, 0.1) is 24.0 Å². The van der Waals surface area contributed by atoms with Crippen molar-refractivity contribution in [2.24, 2.45) is 0 Å². The van der Waals surface area contributed by atoms with Crippen molar-refractivity contribution in [1.29, 1.82) is 0 Å². The van der Waals surface area contributed by atoms with Gasteiger partial charge < -0.3 is 9.72 Å². The lowest BCUT2D eigenvalue weighted by atomic mass is 10.2. The van der Waals surface area contributed by atoms with Crippen molar-refractivity contribution < 1.29 is 9.13 Å². The van der Waals surface area contributed by atoms with Gasteiger partial charge in [-0.15, -0.1) is 0 Å². The van der Waals surface area contributed by atoms with Crippen molar-refractivity contribution in [3.05, 3.63) is 41.4 Å². The molecule has 0 atom stereocenters. The average Bonchev–Trinajstić information content (AvgIpc) is 2.84. The Morgan fingerprint density at radius 2 is 2.16 bits per heavy atom. The molecule has 6 heteroatoms. The summed E-state index contributed by atoms with van der Waals surface area (Å²) in [5.41, 5.74) is 1.55. The highest BCUT2D eigenvalue weighted by molar-refractivity contribution is 6.35. The third-order valence-corrected chi connectivity index (χ3v) is 3.14. The molecule has 1 N–H and O–H groups in total. The molecule has 0 radical (unpaired) electrons. The smallest absolute Gasteiger partial charge is 0.213 e. The number of ether oxygens (including phenoxy) is 1. The lowest BCUT2D eigenvalue weighted by Gasteiger charge is -2.03. The first-order chi connectivity index (χ1) is 9.19. The standard InChI is InChI=1S/C13H9ClFN3O/c1-19-12-5-8(10(15)6-17-12)11-4-7-9(14)2-3-16-13(7)18-11/h2-6H,1H3,(H,16,18). The first kappa shape index (κ1) is 11.9. The fraction of sp³-hybridized carbons (Fsp3) is 0.0769. The topological polar surface area (TPSA) is 50.8 Å². The van der Waals surface area contributed by atoms with E-state index in [1.165, 1.54) is 13.2 Å². The Balaban J connectivity index is 2.21. The Hall–Kier alpha value is -2.14. The van der Waals surface area contributed by atoms with Gasteiger partial charge in [-0.25, -0.2) is 14.4 Å². The Bertz CT molecular complexity index is 757. The van der Waals surface area contributed by atoms with Crippen LogP contribution in [0.5, 0.6) is 5.88 Å². The number of nitrogens with zero attached hydrogens (tertiary/aromatic N) is 2. The second kappa shape index (κ2) is 4.51. The maximum Gasteiger partial charge on any atom is 0.213 e. The van der Waals surface area contributed by atoms with Crippen molar-refractivity contribution in [1.82, 2.24) is 15.0 Å². The molecule has 3 heterocycles. The Morgan fingerprint density at radius 3 is 2.89 bits per heavy atom. The number of aromatic nitrogens is 3. The van der Waals surface area contributed by atoms with E-state index in [1.807, 2.05) is 0 Å². The molecule has 0 unspecified atom stereocenters. The summed E-state index contributed by atoms with van der Waals surface area (Å²) in [6, 6.07) is 4.96. The molecule has 3 aromatic rings. The fourth-order valence-corrected chi connectivity index (χ4v) is 2.08. The van der Waals surface area contributed by atoms with Gasteiger partial charge in [-0.05, 0) is 12.1 Å². The monoisotopic (exact) mass is 277 g/mol. The molecule has 0 aliphatic heterocycles. The molecule has 4 nitrogen and oxygen atoms in total. The van der Waals surface area contributed by atoms with Crippen LogP contribution in [0.4, 0.5) is 4.39 Å². The maximum absolute atomic E-state index is 13.8. The molecule has 0 bridgehead atoms. The highest BCUT2D eigenvalue weighted by Gasteiger charge is 2.12. The predicted molar refractivity (Wildman–Crippen MR) is 70.8 cm³/mol. The minimum Gasteiger partial charge on any atom is -0.481 e. The number of nitrogens with one attached hydrogen (secondary N) is 1. The molecule has 0 fully saturated rings. The molecular formula is C13H9ClFN3O. The zero-order chi connectivity index (χ0) is 13.4. The van der Waals surface area contributed by atoms with E-state index in [0.717, 1.165) is 11.6 Å². The molecule has 0 saturated carbocycles. The van der Waals surface area contributed by atoms with Gasteiger partial charge in [-0.3, -0.25) is 0 Å². The van der Waals surface area contributed by atoms with Crippen LogP contribution < -0.4 is 4.74 Å². The number of aromatic amines is 1. The first-order valence-corrected chi connectivity index (χ1v) is 5.90. The Morgan fingerprint density at radius 1 is 1.32 bits per heavy atom. The van der Waals surface area contributed by atoms with Gasteiger partial charge in [-0.1, -0.05) is 11.6 Å². The average molecular weight is 278 g/mol. The molecule has 19 heavy (non-hydrogen) atoms. The number of methoxy groups -OCH3 is 1. The van der Waals surface area contributed by atoms with Crippen LogP contribution in [0.25, 0.3) is 22.3 Å². The molecule has 0 aliphatic carbocycles. The summed E-state index contributed by atoms with van der Waals surface area (Å²) in [5, 5.41) is 1.31. The van der Waals surface area contributed by atoms with E-state index in [0.29, 0.717) is 27.8 Å². The molecule has 0 amide bonds.